The number of aliphatic hydroxyl groups excluding tert-OH is 1. The van der Waals surface area contributed by atoms with Crippen LogP contribution in [0.1, 0.15) is 24.5 Å². The summed E-state index contributed by atoms with van der Waals surface area (Å²) in [5, 5.41) is 8.65. The van der Waals surface area contributed by atoms with E-state index < -0.39 is 5.92 Å². The minimum Gasteiger partial charge on any atom is -0.396 e. The van der Waals surface area contributed by atoms with Crippen LogP contribution in [-0.4, -0.2) is 11.7 Å². The van der Waals surface area contributed by atoms with Gasteiger partial charge in [0, 0.05) is 18.6 Å². The lowest BCUT2D eigenvalue weighted by Crippen LogP contribution is -2.11. The van der Waals surface area contributed by atoms with Crippen LogP contribution in [0.5, 0.6) is 0 Å². The van der Waals surface area contributed by atoms with Crippen molar-refractivity contribution in [3.63, 3.8) is 0 Å². The van der Waals surface area contributed by atoms with Crippen molar-refractivity contribution in [2.45, 2.75) is 25.7 Å². The maximum atomic E-state index is 13.2. The van der Waals surface area contributed by atoms with Gasteiger partial charge in [0.25, 0.3) is 5.92 Å². The molecule has 0 unspecified atom stereocenters. The zero-order chi connectivity index (χ0) is 10.6. The van der Waals surface area contributed by atoms with Crippen LogP contribution in [0.25, 0.3) is 0 Å². The molecule has 0 heterocycles. The van der Waals surface area contributed by atoms with Crippen molar-refractivity contribution in [3.05, 3.63) is 35.4 Å². The van der Waals surface area contributed by atoms with E-state index in [4.69, 9.17) is 5.11 Å². The van der Waals surface area contributed by atoms with E-state index in [0.29, 0.717) is 6.42 Å². The predicted molar refractivity (Wildman–Crippen MR) is 51.4 cm³/mol. The first-order chi connectivity index (χ1) is 6.60. The Morgan fingerprint density at radius 2 is 1.79 bits per heavy atom. The van der Waals surface area contributed by atoms with Gasteiger partial charge >= 0.3 is 0 Å². The minimum absolute atomic E-state index is 0.0432. The summed E-state index contributed by atoms with van der Waals surface area (Å²) in [5.74, 6) is -2.74. The smallest absolute Gasteiger partial charge is 0.273 e. The van der Waals surface area contributed by atoms with Gasteiger partial charge in [0.1, 0.15) is 0 Å². The molecule has 0 bridgehead atoms. The first kappa shape index (κ1) is 11.1. The van der Waals surface area contributed by atoms with Gasteiger partial charge in [-0.05, 0) is 12.0 Å². The Morgan fingerprint density at radius 3 is 2.21 bits per heavy atom. The van der Waals surface area contributed by atoms with E-state index in [9.17, 15) is 8.78 Å². The first-order valence-corrected chi connectivity index (χ1v) is 4.68. The van der Waals surface area contributed by atoms with Gasteiger partial charge in [0.05, 0.1) is 0 Å². The lowest BCUT2D eigenvalue weighted by atomic mass is 10.0. The van der Waals surface area contributed by atoms with Crippen molar-refractivity contribution < 1.29 is 13.9 Å². The largest absolute Gasteiger partial charge is 0.396 e. The van der Waals surface area contributed by atoms with Crippen molar-refractivity contribution in [3.8, 4) is 0 Å². The van der Waals surface area contributed by atoms with Crippen LogP contribution in [0.2, 0.25) is 0 Å². The normalized spacial score (nSPS) is 11.7. The van der Waals surface area contributed by atoms with E-state index in [1.807, 2.05) is 0 Å². The Labute approximate surface area is 82.4 Å². The summed E-state index contributed by atoms with van der Waals surface area (Å²) in [5.41, 5.74) is 0.921. The average Bonchev–Trinajstić information content (AvgIpc) is 2.19. The van der Waals surface area contributed by atoms with E-state index in [1.165, 1.54) is 19.1 Å². The molecule has 0 atom stereocenters. The molecule has 0 amide bonds. The molecule has 1 aromatic carbocycles. The molecule has 0 aliphatic carbocycles. The van der Waals surface area contributed by atoms with Crippen molar-refractivity contribution in [1.82, 2.24) is 0 Å². The summed E-state index contributed by atoms with van der Waals surface area (Å²) in [6, 6.07) is 6.12. The highest BCUT2D eigenvalue weighted by Crippen LogP contribution is 2.31. The third-order valence-electron chi connectivity index (χ3n) is 2.22. The summed E-state index contributed by atoms with van der Waals surface area (Å²) in [7, 11) is 0. The number of halogens is 2. The van der Waals surface area contributed by atoms with Crippen molar-refractivity contribution in [2.24, 2.45) is 0 Å². The van der Waals surface area contributed by atoms with E-state index in [1.54, 1.807) is 12.1 Å². The second-order valence-electron chi connectivity index (χ2n) is 3.23. The molecular weight excluding hydrogens is 186 g/mol. The zero-order valence-corrected chi connectivity index (χ0v) is 8.13. The molecule has 1 nitrogen and oxygen atoms in total. The van der Waals surface area contributed by atoms with Crippen molar-refractivity contribution in [2.75, 3.05) is 6.61 Å². The monoisotopic (exact) mass is 200 g/mol. The fourth-order valence-electron chi connectivity index (χ4n) is 1.25. The molecule has 0 aliphatic heterocycles. The third kappa shape index (κ3) is 2.51. The number of alkyl halides is 2. The van der Waals surface area contributed by atoms with Crippen LogP contribution in [0.3, 0.4) is 0 Å². The Kier molecular flexibility index (Phi) is 3.58. The SMILES string of the molecule is CCC(F)(F)c1ccc(CCO)cc1. The molecule has 0 aromatic heterocycles. The standard InChI is InChI=1S/C11H14F2O/c1-2-11(12,13)10-5-3-9(4-6-10)7-8-14/h3-6,14H,2,7-8H2,1H3. The maximum Gasteiger partial charge on any atom is 0.273 e. The molecular formula is C11H14F2O. The average molecular weight is 200 g/mol. The van der Waals surface area contributed by atoms with Gasteiger partial charge in [0.2, 0.25) is 0 Å². The number of benzene rings is 1. The predicted octanol–water partition coefficient (Wildman–Crippen LogP) is 2.72. The first-order valence-electron chi connectivity index (χ1n) is 4.68. The summed E-state index contributed by atoms with van der Waals surface area (Å²) in [6.07, 6.45) is 0.324. The molecule has 1 rings (SSSR count). The van der Waals surface area contributed by atoms with Crippen LogP contribution < -0.4 is 0 Å². The molecule has 0 saturated carbocycles. The van der Waals surface area contributed by atoms with E-state index in [2.05, 4.69) is 0 Å². The number of aliphatic hydroxyl groups is 1. The van der Waals surface area contributed by atoms with Gasteiger partial charge in [-0.25, -0.2) is 8.78 Å². The molecule has 0 aliphatic rings. The Balaban J connectivity index is 2.82. The summed E-state index contributed by atoms with van der Waals surface area (Å²) >= 11 is 0. The van der Waals surface area contributed by atoms with E-state index in [-0.39, 0.29) is 18.6 Å². The summed E-state index contributed by atoms with van der Waals surface area (Å²) < 4.78 is 26.3. The summed E-state index contributed by atoms with van der Waals surface area (Å²) in [6.45, 7) is 1.51. The lowest BCUT2D eigenvalue weighted by Gasteiger charge is -2.14. The Hall–Kier alpha value is -0.960. The van der Waals surface area contributed by atoms with E-state index >= 15 is 0 Å². The van der Waals surface area contributed by atoms with Gasteiger partial charge < -0.3 is 5.11 Å². The van der Waals surface area contributed by atoms with E-state index in [0.717, 1.165) is 5.56 Å². The molecule has 14 heavy (non-hydrogen) atoms. The molecule has 78 valence electrons. The van der Waals surface area contributed by atoms with Gasteiger partial charge in [0.15, 0.2) is 0 Å². The van der Waals surface area contributed by atoms with Crippen LogP contribution in [0, 0.1) is 0 Å². The minimum atomic E-state index is -2.74. The lowest BCUT2D eigenvalue weighted by molar-refractivity contribution is -0.00829. The molecule has 0 radical (unpaired) electrons. The molecule has 0 spiro atoms. The number of rotatable bonds is 4. The molecule has 0 saturated heterocycles. The Bertz CT molecular complexity index is 280. The molecule has 1 N–H and O–H groups in total. The van der Waals surface area contributed by atoms with Crippen molar-refractivity contribution in [1.29, 1.82) is 0 Å². The second kappa shape index (κ2) is 4.51. The van der Waals surface area contributed by atoms with Gasteiger partial charge in [-0.3, -0.25) is 0 Å². The highest BCUT2D eigenvalue weighted by atomic mass is 19.3. The van der Waals surface area contributed by atoms with Crippen molar-refractivity contribution >= 4 is 0 Å². The van der Waals surface area contributed by atoms with Gasteiger partial charge in [-0.2, -0.15) is 0 Å². The fourth-order valence-corrected chi connectivity index (χ4v) is 1.25. The van der Waals surface area contributed by atoms with Gasteiger partial charge in [-0.1, -0.05) is 31.2 Å². The molecule has 0 fully saturated rings. The van der Waals surface area contributed by atoms with Crippen LogP contribution >= 0.6 is 0 Å². The number of hydrogen-bond acceptors (Lipinski definition) is 1. The van der Waals surface area contributed by atoms with Gasteiger partial charge in [-0.15, -0.1) is 0 Å². The van der Waals surface area contributed by atoms with Crippen LogP contribution in [0.15, 0.2) is 24.3 Å². The third-order valence-corrected chi connectivity index (χ3v) is 2.22. The maximum absolute atomic E-state index is 13.2. The highest BCUT2D eigenvalue weighted by Gasteiger charge is 2.28. The zero-order valence-electron chi connectivity index (χ0n) is 8.13. The molecule has 3 heteroatoms. The van der Waals surface area contributed by atoms with Crippen LogP contribution in [-0.2, 0) is 12.3 Å². The van der Waals surface area contributed by atoms with Crippen LogP contribution in [0.4, 0.5) is 8.78 Å². The highest BCUT2D eigenvalue weighted by molar-refractivity contribution is 5.25. The molecule has 1 aromatic rings. The summed E-state index contributed by atoms with van der Waals surface area (Å²) in [4.78, 5) is 0. The topological polar surface area (TPSA) is 20.2 Å². The fraction of sp³-hybridized carbons (Fsp3) is 0.455. The quantitative estimate of drug-likeness (QED) is 0.792. The Morgan fingerprint density at radius 1 is 1.21 bits per heavy atom. The second-order valence-corrected chi connectivity index (χ2v) is 3.23. The number of hydrogen-bond donors (Lipinski definition) is 1.